The third-order valence-electron chi connectivity index (χ3n) is 7.62. The monoisotopic (exact) mass is 287 g/mol. The van der Waals surface area contributed by atoms with E-state index in [4.69, 9.17) is 5.73 Å². The Kier molecular flexibility index (Phi) is 2.97. The maximum absolute atomic E-state index is 11.0. The highest BCUT2D eigenvalue weighted by molar-refractivity contribution is 5.32. The SMILES string of the molecule is C[C@]12C[C@@H](O)[C@H]3[C@@H](CCC4=CCC=C[C@@]43C)[C@@H]1CC[C@@H]2N. The molecule has 3 N–H and O–H groups in total. The standard InChI is InChI=1S/C19H29NO/c1-18-10-4-3-5-12(18)6-7-13-14-8-9-16(20)19(14,2)11-15(21)17(13)18/h4-5,10,13-17,21H,3,6-9,11,20H2,1-2H3/t13-,14-,15+,16-,17+,18-,19-/m0/s1. The molecule has 7 atom stereocenters. The van der Waals surface area contributed by atoms with Crippen LogP contribution < -0.4 is 5.73 Å². The van der Waals surface area contributed by atoms with Crippen LogP contribution >= 0.6 is 0 Å². The highest BCUT2D eigenvalue weighted by atomic mass is 16.3. The van der Waals surface area contributed by atoms with Gasteiger partial charge in [-0.2, -0.15) is 0 Å². The zero-order chi connectivity index (χ0) is 14.8. The van der Waals surface area contributed by atoms with Crippen molar-refractivity contribution in [3.8, 4) is 0 Å². The van der Waals surface area contributed by atoms with Crippen LogP contribution in [0.2, 0.25) is 0 Å². The smallest absolute Gasteiger partial charge is 0.0588 e. The second-order valence-corrected chi connectivity index (χ2v) is 8.45. The van der Waals surface area contributed by atoms with Gasteiger partial charge in [-0.1, -0.05) is 37.6 Å². The van der Waals surface area contributed by atoms with E-state index < -0.39 is 0 Å². The van der Waals surface area contributed by atoms with Gasteiger partial charge in [0.05, 0.1) is 6.10 Å². The molecule has 0 unspecified atom stereocenters. The summed E-state index contributed by atoms with van der Waals surface area (Å²) in [4.78, 5) is 0. The molecule has 0 radical (unpaired) electrons. The van der Waals surface area contributed by atoms with Gasteiger partial charge >= 0.3 is 0 Å². The molecule has 116 valence electrons. The molecule has 0 heterocycles. The lowest BCUT2D eigenvalue weighted by Crippen LogP contribution is -2.57. The maximum atomic E-state index is 11.0. The molecule has 2 heteroatoms. The Hall–Kier alpha value is -0.600. The Balaban J connectivity index is 1.75. The Morgan fingerprint density at radius 1 is 1.24 bits per heavy atom. The molecule has 0 saturated heterocycles. The highest BCUT2D eigenvalue weighted by Gasteiger charge is 2.60. The van der Waals surface area contributed by atoms with Crippen molar-refractivity contribution >= 4 is 0 Å². The number of hydrogen-bond acceptors (Lipinski definition) is 2. The molecule has 0 aromatic heterocycles. The summed E-state index contributed by atoms with van der Waals surface area (Å²) < 4.78 is 0. The van der Waals surface area contributed by atoms with Crippen LogP contribution in [0, 0.1) is 28.6 Å². The zero-order valence-corrected chi connectivity index (χ0v) is 13.4. The number of hydrogen-bond donors (Lipinski definition) is 2. The van der Waals surface area contributed by atoms with Crippen molar-refractivity contribution in [1.82, 2.24) is 0 Å². The number of fused-ring (bicyclic) bond motifs is 5. The molecule has 21 heavy (non-hydrogen) atoms. The van der Waals surface area contributed by atoms with Crippen LogP contribution in [-0.2, 0) is 0 Å². The maximum Gasteiger partial charge on any atom is 0.0588 e. The largest absolute Gasteiger partial charge is 0.393 e. The first-order valence-electron chi connectivity index (χ1n) is 8.77. The van der Waals surface area contributed by atoms with Crippen LogP contribution in [0.5, 0.6) is 0 Å². The van der Waals surface area contributed by atoms with E-state index in [1.807, 2.05) is 0 Å². The average Bonchev–Trinajstić information content (AvgIpc) is 2.73. The third kappa shape index (κ3) is 1.72. The Labute approximate surface area is 128 Å². The van der Waals surface area contributed by atoms with Gasteiger partial charge in [-0.05, 0) is 55.8 Å². The molecular weight excluding hydrogens is 258 g/mol. The minimum Gasteiger partial charge on any atom is -0.393 e. The predicted molar refractivity (Wildman–Crippen MR) is 85.6 cm³/mol. The van der Waals surface area contributed by atoms with Crippen molar-refractivity contribution < 1.29 is 5.11 Å². The number of aliphatic hydroxyl groups excluding tert-OH is 1. The van der Waals surface area contributed by atoms with E-state index in [0.29, 0.717) is 11.8 Å². The molecule has 4 aliphatic rings. The van der Waals surface area contributed by atoms with Crippen molar-refractivity contribution in [2.24, 2.45) is 34.3 Å². The lowest BCUT2D eigenvalue weighted by molar-refractivity contribution is -0.107. The Morgan fingerprint density at radius 3 is 2.86 bits per heavy atom. The van der Waals surface area contributed by atoms with Gasteiger partial charge in [-0.3, -0.25) is 0 Å². The quantitative estimate of drug-likeness (QED) is 0.671. The summed E-state index contributed by atoms with van der Waals surface area (Å²) in [5.74, 6) is 1.77. The van der Waals surface area contributed by atoms with Crippen LogP contribution in [0.1, 0.15) is 52.4 Å². The molecule has 3 fully saturated rings. The van der Waals surface area contributed by atoms with E-state index in [1.165, 1.54) is 19.3 Å². The summed E-state index contributed by atoms with van der Waals surface area (Å²) >= 11 is 0. The molecule has 2 nitrogen and oxygen atoms in total. The van der Waals surface area contributed by atoms with Crippen molar-refractivity contribution in [1.29, 1.82) is 0 Å². The lowest BCUT2D eigenvalue weighted by atomic mass is 9.47. The van der Waals surface area contributed by atoms with Gasteiger partial charge in [0.1, 0.15) is 0 Å². The van der Waals surface area contributed by atoms with E-state index >= 15 is 0 Å². The zero-order valence-electron chi connectivity index (χ0n) is 13.4. The Bertz CT molecular complexity index is 510. The molecule has 0 aromatic rings. The molecule has 4 rings (SSSR count). The fraction of sp³-hybridized carbons (Fsp3) is 0.789. The summed E-state index contributed by atoms with van der Waals surface area (Å²) in [7, 11) is 0. The van der Waals surface area contributed by atoms with Gasteiger partial charge in [0.25, 0.3) is 0 Å². The molecule has 0 amide bonds. The van der Waals surface area contributed by atoms with Gasteiger partial charge in [-0.25, -0.2) is 0 Å². The molecule has 4 aliphatic carbocycles. The van der Waals surface area contributed by atoms with Gasteiger partial charge in [0.2, 0.25) is 0 Å². The van der Waals surface area contributed by atoms with Crippen LogP contribution in [0.3, 0.4) is 0 Å². The molecule has 3 saturated carbocycles. The molecule has 0 bridgehead atoms. The predicted octanol–water partition coefficient (Wildman–Crippen LogP) is 3.41. The van der Waals surface area contributed by atoms with Gasteiger partial charge in [0.15, 0.2) is 0 Å². The fourth-order valence-electron chi connectivity index (χ4n) is 6.51. The summed E-state index contributed by atoms with van der Waals surface area (Å²) in [6, 6.07) is 0.282. The van der Waals surface area contributed by atoms with E-state index in [-0.39, 0.29) is 23.0 Å². The first kappa shape index (κ1) is 14.0. The van der Waals surface area contributed by atoms with Crippen molar-refractivity contribution in [2.75, 3.05) is 0 Å². The normalized spacial score (nSPS) is 55.4. The van der Waals surface area contributed by atoms with Crippen LogP contribution in [0.4, 0.5) is 0 Å². The van der Waals surface area contributed by atoms with Crippen LogP contribution in [0.15, 0.2) is 23.8 Å². The van der Waals surface area contributed by atoms with E-state index in [1.54, 1.807) is 5.57 Å². The number of rotatable bonds is 0. The van der Waals surface area contributed by atoms with Gasteiger partial charge < -0.3 is 10.8 Å². The summed E-state index contributed by atoms with van der Waals surface area (Å²) in [6.45, 7) is 4.71. The first-order valence-corrected chi connectivity index (χ1v) is 8.77. The first-order chi connectivity index (χ1) is 9.97. The molecule has 0 aromatic carbocycles. The minimum absolute atomic E-state index is 0.0919. The van der Waals surface area contributed by atoms with Crippen molar-refractivity contribution in [2.45, 2.75) is 64.5 Å². The number of allylic oxidation sites excluding steroid dienone is 4. The minimum atomic E-state index is -0.197. The van der Waals surface area contributed by atoms with Crippen molar-refractivity contribution in [3.63, 3.8) is 0 Å². The average molecular weight is 287 g/mol. The number of aliphatic hydroxyl groups is 1. The van der Waals surface area contributed by atoms with E-state index in [2.05, 4.69) is 32.1 Å². The fourth-order valence-corrected chi connectivity index (χ4v) is 6.51. The molecular formula is C19H29NO. The van der Waals surface area contributed by atoms with E-state index in [0.717, 1.165) is 25.2 Å². The van der Waals surface area contributed by atoms with Gasteiger partial charge in [0, 0.05) is 17.4 Å². The summed E-state index contributed by atoms with van der Waals surface area (Å²) in [5, 5.41) is 11.0. The molecule has 0 aliphatic heterocycles. The second kappa shape index (κ2) is 4.45. The van der Waals surface area contributed by atoms with Crippen LogP contribution in [0.25, 0.3) is 0 Å². The van der Waals surface area contributed by atoms with Crippen molar-refractivity contribution in [3.05, 3.63) is 23.8 Å². The van der Waals surface area contributed by atoms with Gasteiger partial charge in [-0.15, -0.1) is 0 Å². The Morgan fingerprint density at radius 2 is 2.05 bits per heavy atom. The topological polar surface area (TPSA) is 46.2 Å². The highest BCUT2D eigenvalue weighted by Crippen LogP contribution is 2.64. The lowest BCUT2D eigenvalue weighted by Gasteiger charge is -2.58. The van der Waals surface area contributed by atoms with Crippen LogP contribution in [-0.4, -0.2) is 17.3 Å². The van der Waals surface area contributed by atoms with E-state index in [9.17, 15) is 5.11 Å². The molecule has 0 spiro atoms. The third-order valence-corrected chi connectivity index (χ3v) is 7.62. The number of nitrogens with two attached hydrogens (primary N) is 1. The second-order valence-electron chi connectivity index (χ2n) is 8.45. The summed E-state index contributed by atoms with van der Waals surface area (Å²) in [5.41, 5.74) is 8.27. The summed E-state index contributed by atoms with van der Waals surface area (Å²) in [6.07, 6.45) is 13.8.